The van der Waals surface area contributed by atoms with E-state index in [9.17, 15) is 14.4 Å². The predicted octanol–water partition coefficient (Wildman–Crippen LogP) is 7.26. The summed E-state index contributed by atoms with van der Waals surface area (Å²) in [5.74, 6) is -2.15. The van der Waals surface area contributed by atoms with Crippen molar-refractivity contribution >= 4 is 25.1 Å². The Balaban J connectivity index is 1.49. The summed E-state index contributed by atoms with van der Waals surface area (Å²) >= 11 is 0. The van der Waals surface area contributed by atoms with Gasteiger partial charge in [-0.3, -0.25) is 9.59 Å². The van der Waals surface area contributed by atoms with Crippen LogP contribution in [-0.4, -0.2) is 49.8 Å². The van der Waals surface area contributed by atoms with Gasteiger partial charge in [-0.05, 0) is 49.4 Å². The van der Waals surface area contributed by atoms with E-state index in [1.54, 1.807) is 20.8 Å². The molecule has 228 valence electrons. The molecule has 0 fully saturated rings. The van der Waals surface area contributed by atoms with Gasteiger partial charge in [-0.1, -0.05) is 113 Å². The van der Waals surface area contributed by atoms with E-state index in [2.05, 4.69) is 29.7 Å². The van der Waals surface area contributed by atoms with Crippen molar-refractivity contribution in [3.8, 4) is 11.1 Å². The lowest BCUT2D eigenvalue weighted by Crippen LogP contribution is -2.53. The molecule has 2 aromatic rings. The molecule has 42 heavy (non-hydrogen) atoms. The number of rotatable bonds is 17. The molecule has 0 saturated carbocycles. The predicted molar refractivity (Wildman–Crippen MR) is 170 cm³/mol. The number of hydrogen-bond acceptors (Lipinski definition) is 5. The van der Waals surface area contributed by atoms with Crippen molar-refractivity contribution in [3.05, 3.63) is 59.7 Å². The van der Waals surface area contributed by atoms with Gasteiger partial charge in [0, 0.05) is 12.5 Å². The van der Waals surface area contributed by atoms with E-state index in [1.165, 1.54) is 44.9 Å². The SMILES string of the molecule is CCCCCCCCCCCCNC(=O)[C@H](BC(=O)OC(C)(C)C)NC(=O)OCC1c2ccccc2-c2ccccc21. The molecular weight excluding hydrogens is 527 g/mol. The summed E-state index contributed by atoms with van der Waals surface area (Å²) in [5.41, 5.74) is 3.78. The number of hydrogen-bond donors (Lipinski definition) is 2. The zero-order valence-corrected chi connectivity index (χ0v) is 26.0. The van der Waals surface area contributed by atoms with Crippen LogP contribution < -0.4 is 10.6 Å². The molecule has 1 aliphatic carbocycles. The first-order chi connectivity index (χ1) is 20.2. The van der Waals surface area contributed by atoms with Crippen LogP contribution in [0.1, 0.15) is 109 Å². The van der Waals surface area contributed by atoms with Gasteiger partial charge in [0.15, 0.2) is 0 Å². The fourth-order valence-electron chi connectivity index (χ4n) is 5.49. The monoisotopic (exact) mass is 576 g/mol. The topological polar surface area (TPSA) is 93.7 Å². The van der Waals surface area contributed by atoms with Crippen LogP contribution in [-0.2, 0) is 14.3 Å². The van der Waals surface area contributed by atoms with Gasteiger partial charge < -0.3 is 20.1 Å². The summed E-state index contributed by atoms with van der Waals surface area (Å²) in [6.45, 7) is 8.15. The van der Waals surface area contributed by atoms with Crippen molar-refractivity contribution in [1.29, 1.82) is 0 Å². The summed E-state index contributed by atoms with van der Waals surface area (Å²) in [6, 6.07) is 16.2. The van der Waals surface area contributed by atoms with E-state index in [0.29, 0.717) is 6.54 Å². The highest BCUT2D eigenvalue weighted by molar-refractivity contribution is 6.76. The van der Waals surface area contributed by atoms with Crippen molar-refractivity contribution in [2.75, 3.05) is 13.2 Å². The van der Waals surface area contributed by atoms with E-state index < -0.39 is 29.4 Å². The average molecular weight is 577 g/mol. The van der Waals surface area contributed by atoms with E-state index >= 15 is 0 Å². The number of unbranched alkanes of at least 4 members (excludes halogenated alkanes) is 9. The number of ether oxygens (including phenoxy) is 2. The molecule has 2 N–H and O–H groups in total. The zero-order valence-electron chi connectivity index (χ0n) is 26.0. The molecule has 0 heterocycles. The minimum Gasteiger partial charge on any atom is -0.468 e. The average Bonchev–Trinajstić information content (AvgIpc) is 3.27. The molecule has 1 atom stereocenters. The highest BCUT2D eigenvalue weighted by Gasteiger charge is 2.32. The Kier molecular flexibility index (Phi) is 13.4. The van der Waals surface area contributed by atoms with Crippen molar-refractivity contribution in [1.82, 2.24) is 10.6 Å². The van der Waals surface area contributed by atoms with Gasteiger partial charge in [0.1, 0.15) is 12.2 Å². The second kappa shape index (κ2) is 17.0. The Morgan fingerprint density at radius 3 is 1.88 bits per heavy atom. The third-order valence-corrected chi connectivity index (χ3v) is 7.57. The van der Waals surface area contributed by atoms with Gasteiger partial charge in [-0.15, -0.1) is 0 Å². The van der Waals surface area contributed by atoms with Crippen LogP contribution in [0.15, 0.2) is 48.5 Å². The molecule has 3 rings (SSSR count). The van der Waals surface area contributed by atoms with Crippen molar-refractivity contribution in [3.63, 3.8) is 0 Å². The maximum absolute atomic E-state index is 13.0. The van der Waals surface area contributed by atoms with E-state index in [4.69, 9.17) is 9.47 Å². The summed E-state index contributed by atoms with van der Waals surface area (Å²) < 4.78 is 11.1. The zero-order chi connectivity index (χ0) is 30.4. The Bertz CT molecular complexity index is 1120. The quantitative estimate of drug-likeness (QED) is 0.153. The first-order valence-electron chi connectivity index (χ1n) is 15.8. The minimum absolute atomic E-state index is 0.0994. The van der Waals surface area contributed by atoms with Crippen molar-refractivity contribution in [2.24, 2.45) is 0 Å². The van der Waals surface area contributed by atoms with Crippen molar-refractivity contribution in [2.45, 2.75) is 109 Å². The summed E-state index contributed by atoms with van der Waals surface area (Å²) in [5, 5.41) is 5.51. The smallest absolute Gasteiger partial charge is 0.407 e. The Morgan fingerprint density at radius 1 is 0.810 bits per heavy atom. The first-order valence-corrected chi connectivity index (χ1v) is 15.8. The molecule has 0 aliphatic heterocycles. The lowest BCUT2D eigenvalue weighted by molar-refractivity contribution is -0.121. The van der Waals surface area contributed by atoms with E-state index in [1.807, 2.05) is 36.4 Å². The third kappa shape index (κ3) is 10.8. The summed E-state index contributed by atoms with van der Waals surface area (Å²) in [4.78, 5) is 38.5. The highest BCUT2D eigenvalue weighted by Crippen LogP contribution is 2.44. The summed E-state index contributed by atoms with van der Waals surface area (Å²) in [7, 11) is -0.272. The molecule has 0 radical (unpaired) electrons. The van der Waals surface area contributed by atoms with Crippen LogP contribution in [0.4, 0.5) is 9.59 Å². The van der Waals surface area contributed by atoms with Gasteiger partial charge in [0.2, 0.25) is 5.91 Å². The van der Waals surface area contributed by atoms with Crippen LogP contribution in [0, 0.1) is 0 Å². The van der Waals surface area contributed by atoms with E-state index in [0.717, 1.165) is 41.5 Å². The molecule has 0 aromatic heterocycles. The van der Waals surface area contributed by atoms with Gasteiger partial charge in [0.25, 0.3) is 13.1 Å². The van der Waals surface area contributed by atoms with Gasteiger partial charge in [-0.2, -0.15) is 0 Å². The molecule has 8 heteroatoms. The maximum atomic E-state index is 13.0. The molecule has 2 amide bonds. The number of alkyl carbamates (subject to hydrolysis) is 1. The Labute approximate surface area is 252 Å². The first kappa shape index (κ1) is 33.2. The number of carbonyl (C=O) groups excluding carboxylic acids is 3. The van der Waals surface area contributed by atoms with Gasteiger partial charge in [0.05, 0.1) is 5.94 Å². The fourth-order valence-corrected chi connectivity index (χ4v) is 5.49. The normalized spacial score (nSPS) is 13.0. The number of nitrogens with one attached hydrogen (secondary N) is 2. The molecule has 0 unspecified atom stereocenters. The van der Waals surface area contributed by atoms with Crippen LogP contribution in [0.2, 0.25) is 0 Å². The van der Waals surface area contributed by atoms with Crippen LogP contribution in [0.3, 0.4) is 0 Å². The summed E-state index contributed by atoms with van der Waals surface area (Å²) in [6.07, 6.45) is 11.3. The molecule has 0 saturated heterocycles. The fraction of sp³-hybridized carbons (Fsp3) is 0.559. The molecule has 2 aromatic carbocycles. The van der Waals surface area contributed by atoms with E-state index in [-0.39, 0.29) is 19.8 Å². The number of amides is 2. The molecular formula is C34H49BN2O5. The van der Waals surface area contributed by atoms with Crippen LogP contribution in [0.5, 0.6) is 0 Å². The largest absolute Gasteiger partial charge is 0.468 e. The number of benzene rings is 2. The third-order valence-electron chi connectivity index (χ3n) is 7.57. The Morgan fingerprint density at radius 2 is 1.33 bits per heavy atom. The van der Waals surface area contributed by atoms with Gasteiger partial charge >= 0.3 is 6.09 Å². The highest BCUT2D eigenvalue weighted by atomic mass is 16.6. The number of fused-ring (bicyclic) bond motifs is 3. The number of carbonyl (C=O) groups is 3. The second-order valence-electron chi connectivity index (χ2n) is 12.3. The van der Waals surface area contributed by atoms with Crippen LogP contribution >= 0.6 is 0 Å². The lowest BCUT2D eigenvalue weighted by Gasteiger charge is -2.22. The van der Waals surface area contributed by atoms with Crippen molar-refractivity contribution < 1.29 is 23.9 Å². The molecule has 7 nitrogen and oxygen atoms in total. The lowest BCUT2D eigenvalue weighted by atomic mass is 9.69. The minimum atomic E-state index is -1.08. The molecule has 0 bridgehead atoms. The standard InChI is InChI=1S/C34H49BN2O5/c1-5-6-7-8-9-10-11-12-13-18-23-36-31(38)30(35-32(39)42-34(2,3)4)37-33(40)41-24-29-27-21-16-14-19-25(27)26-20-15-17-22-28(26)29/h14-17,19-22,29-30,35H,5-13,18,23-24H2,1-4H3,(H,36,38)(H,37,40)/t30-/m1/s1. The maximum Gasteiger partial charge on any atom is 0.407 e. The van der Waals surface area contributed by atoms with Crippen LogP contribution in [0.25, 0.3) is 11.1 Å². The Hall–Kier alpha value is -3.29. The molecule has 1 aliphatic rings. The second-order valence-corrected chi connectivity index (χ2v) is 12.3. The molecule has 0 spiro atoms. The van der Waals surface area contributed by atoms with Gasteiger partial charge in [-0.25, -0.2) is 4.79 Å².